The molecule has 0 radical (unpaired) electrons. The third kappa shape index (κ3) is 5.16. The van der Waals surface area contributed by atoms with Gasteiger partial charge in [0.2, 0.25) is 0 Å². The SMILES string of the molecule is COCCn1c(C)cc([C@H]2[C@H](c3ccccn3)NC(=S)N2c2ccc(N3C[C@H](C)C[C@H](C)C3)c(Cl)c2)c1C. The largest absolute Gasteiger partial charge is 0.383 e. The van der Waals surface area contributed by atoms with Crippen LogP contribution in [-0.4, -0.2) is 41.5 Å². The summed E-state index contributed by atoms with van der Waals surface area (Å²) in [6.07, 6.45) is 3.10. The van der Waals surface area contributed by atoms with Gasteiger partial charge in [0, 0.05) is 50.0 Å². The van der Waals surface area contributed by atoms with Gasteiger partial charge >= 0.3 is 0 Å². The summed E-state index contributed by atoms with van der Waals surface area (Å²) < 4.78 is 7.71. The van der Waals surface area contributed by atoms with Crippen LogP contribution in [0.3, 0.4) is 0 Å². The summed E-state index contributed by atoms with van der Waals surface area (Å²) in [7, 11) is 1.74. The molecule has 0 spiro atoms. The molecule has 4 atom stereocenters. The monoisotopic (exact) mass is 551 g/mol. The summed E-state index contributed by atoms with van der Waals surface area (Å²) in [6, 6.07) is 14.6. The summed E-state index contributed by atoms with van der Waals surface area (Å²) >= 11 is 13.0. The van der Waals surface area contributed by atoms with Crippen molar-refractivity contribution in [1.29, 1.82) is 0 Å². The minimum Gasteiger partial charge on any atom is -0.383 e. The van der Waals surface area contributed by atoms with Crippen LogP contribution in [0.5, 0.6) is 0 Å². The number of aromatic nitrogens is 2. The number of hydrogen-bond donors (Lipinski definition) is 1. The Labute approximate surface area is 236 Å². The molecule has 0 bridgehead atoms. The first-order chi connectivity index (χ1) is 18.3. The standard InChI is InChI=1S/C30H38ClN5OS/c1-19-14-20(2)18-34(17-19)27-10-9-23(16-25(27)31)36-29(24-15-21(3)35(22(24)4)12-13-37-5)28(33-30(36)38)26-8-6-7-11-32-26/h6-11,15-16,19-20,28-29H,12-14,17-18H2,1-5H3,(H,33,38)/t19-,20+,28-,29-/m0/s1. The zero-order valence-corrected chi connectivity index (χ0v) is 24.5. The maximum absolute atomic E-state index is 6.99. The topological polar surface area (TPSA) is 45.6 Å². The fourth-order valence-electron chi connectivity index (χ4n) is 6.36. The van der Waals surface area contributed by atoms with E-state index >= 15 is 0 Å². The average Bonchev–Trinajstić information content (AvgIpc) is 3.37. The van der Waals surface area contributed by atoms with Gasteiger partial charge in [-0.2, -0.15) is 0 Å². The second-order valence-corrected chi connectivity index (χ2v) is 11.7. The number of pyridine rings is 1. The third-order valence-corrected chi connectivity index (χ3v) is 8.58. The third-order valence-electron chi connectivity index (χ3n) is 7.97. The number of nitrogens with zero attached hydrogens (tertiary/aromatic N) is 4. The van der Waals surface area contributed by atoms with Gasteiger partial charge in [0.25, 0.3) is 0 Å². The number of benzene rings is 1. The van der Waals surface area contributed by atoms with Crippen LogP contribution in [0.25, 0.3) is 0 Å². The number of nitrogens with one attached hydrogen (secondary N) is 1. The first-order valence-electron chi connectivity index (χ1n) is 13.5. The van der Waals surface area contributed by atoms with Gasteiger partial charge < -0.3 is 24.4 Å². The second-order valence-electron chi connectivity index (χ2n) is 11.0. The van der Waals surface area contributed by atoms with Crippen molar-refractivity contribution in [3.63, 3.8) is 0 Å². The number of halogens is 1. The van der Waals surface area contributed by atoms with Crippen LogP contribution in [0.1, 0.15) is 55.0 Å². The van der Waals surface area contributed by atoms with E-state index in [2.05, 4.69) is 77.7 Å². The predicted octanol–water partition coefficient (Wildman–Crippen LogP) is 6.46. The number of aryl methyl sites for hydroxylation is 1. The molecule has 2 aliphatic heterocycles. The van der Waals surface area contributed by atoms with E-state index in [1.807, 2.05) is 18.3 Å². The van der Waals surface area contributed by atoms with E-state index in [0.29, 0.717) is 23.6 Å². The summed E-state index contributed by atoms with van der Waals surface area (Å²) in [5, 5.41) is 5.02. The Morgan fingerprint density at radius 3 is 2.53 bits per heavy atom. The van der Waals surface area contributed by atoms with E-state index in [-0.39, 0.29) is 12.1 Å². The van der Waals surface area contributed by atoms with Crippen molar-refractivity contribution in [2.24, 2.45) is 11.8 Å². The van der Waals surface area contributed by atoms with Gasteiger partial charge in [-0.05, 0) is 86.3 Å². The quantitative estimate of drug-likeness (QED) is 0.340. The van der Waals surface area contributed by atoms with Crippen molar-refractivity contribution in [2.45, 2.75) is 52.7 Å². The molecule has 202 valence electrons. The van der Waals surface area contributed by atoms with E-state index in [4.69, 9.17) is 33.5 Å². The number of ether oxygens (including phenoxy) is 1. The highest BCUT2D eigenvalue weighted by Gasteiger charge is 2.42. The van der Waals surface area contributed by atoms with Gasteiger partial charge in [-0.25, -0.2) is 0 Å². The summed E-state index contributed by atoms with van der Waals surface area (Å²) in [4.78, 5) is 9.36. The second kappa shape index (κ2) is 11.2. The zero-order chi connectivity index (χ0) is 27.0. The first kappa shape index (κ1) is 27.0. The molecule has 38 heavy (non-hydrogen) atoms. The molecule has 5 rings (SSSR count). The maximum atomic E-state index is 6.99. The minimum atomic E-state index is -0.0951. The Kier molecular flexibility index (Phi) is 7.98. The maximum Gasteiger partial charge on any atom is 0.174 e. The molecule has 0 unspecified atom stereocenters. The number of piperidine rings is 1. The van der Waals surface area contributed by atoms with E-state index in [1.54, 1.807) is 7.11 Å². The normalized spacial score (nSPS) is 23.7. The smallest absolute Gasteiger partial charge is 0.174 e. The lowest BCUT2D eigenvalue weighted by molar-refractivity contribution is 0.186. The first-order valence-corrected chi connectivity index (χ1v) is 14.3. The van der Waals surface area contributed by atoms with Gasteiger partial charge in [-0.1, -0.05) is 31.5 Å². The minimum absolute atomic E-state index is 0.0724. The zero-order valence-electron chi connectivity index (χ0n) is 22.9. The highest BCUT2D eigenvalue weighted by atomic mass is 35.5. The predicted molar refractivity (Wildman–Crippen MR) is 160 cm³/mol. The summed E-state index contributed by atoms with van der Waals surface area (Å²) in [5.74, 6) is 1.31. The molecule has 2 fully saturated rings. The van der Waals surface area contributed by atoms with Gasteiger partial charge in [-0.15, -0.1) is 0 Å². The van der Waals surface area contributed by atoms with Crippen molar-refractivity contribution in [3.8, 4) is 0 Å². The lowest BCUT2D eigenvalue weighted by Gasteiger charge is -2.37. The van der Waals surface area contributed by atoms with Gasteiger partial charge in [-0.3, -0.25) is 4.98 Å². The fourth-order valence-corrected chi connectivity index (χ4v) is 7.00. The Hall–Kier alpha value is -2.61. The molecule has 4 heterocycles. The Bertz CT molecular complexity index is 1290. The molecule has 3 aromatic rings. The van der Waals surface area contributed by atoms with Gasteiger partial charge in [0.15, 0.2) is 5.11 Å². The molecule has 0 saturated carbocycles. The van der Waals surface area contributed by atoms with Crippen LogP contribution in [-0.2, 0) is 11.3 Å². The molecule has 2 aromatic heterocycles. The number of anilines is 2. The van der Waals surface area contributed by atoms with Crippen molar-refractivity contribution in [1.82, 2.24) is 14.9 Å². The average molecular weight is 552 g/mol. The van der Waals surface area contributed by atoms with Crippen molar-refractivity contribution < 1.29 is 4.74 Å². The molecular weight excluding hydrogens is 514 g/mol. The molecule has 1 N–H and O–H groups in total. The van der Waals surface area contributed by atoms with E-state index in [0.717, 1.165) is 41.7 Å². The van der Waals surface area contributed by atoms with Crippen LogP contribution < -0.4 is 15.1 Å². The van der Waals surface area contributed by atoms with Crippen LogP contribution in [0, 0.1) is 25.7 Å². The summed E-state index contributed by atoms with van der Waals surface area (Å²) in [6.45, 7) is 12.5. The Balaban J connectivity index is 1.55. The highest BCUT2D eigenvalue weighted by molar-refractivity contribution is 7.80. The van der Waals surface area contributed by atoms with Crippen molar-refractivity contribution in [3.05, 3.63) is 76.3 Å². The number of thiocarbonyl (C=S) groups is 1. The number of rotatable bonds is 7. The Morgan fingerprint density at radius 1 is 1.11 bits per heavy atom. The molecule has 6 nitrogen and oxygen atoms in total. The molecule has 1 aromatic carbocycles. The lowest BCUT2D eigenvalue weighted by Crippen LogP contribution is -2.38. The highest BCUT2D eigenvalue weighted by Crippen LogP contribution is 2.45. The van der Waals surface area contributed by atoms with Crippen LogP contribution in [0.2, 0.25) is 5.02 Å². The fraction of sp³-hybridized carbons (Fsp3) is 0.467. The number of hydrogen-bond acceptors (Lipinski definition) is 4. The van der Waals surface area contributed by atoms with Crippen LogP contribution in [0.4, 0.5) is 11.4 Å². The van der Waals surface area contributed by atoms with E-state index < -0.39 is 0 Å². The molecule has 0 aliphatic carbocycles. The van der Waals surface area contributed by atoms with Crippen LogP contribution in [0.15, 0.2) is 48.7 Å². The van der Waals surface area contributed by atoms with E-state index in [9.17, 15) is 0 Å². The number of methoxy groups -OCH3 is 1. The van der Waals surface area contributed by atoms with Crippen molar-refractivity contribution in [2.75, 3.05) is 36.6 Å². The van der Waals surface area contributed by atoms with Gasteiger partial charge in [0.1, 0.15) is 0 Å². The van der Waals surface area contributed by atoms with Gasteiger partial charge in [0.05, 0.1) is 35.1 Å². The lowest BCUT2D eigenvalue weighted by atomic mass is 9.91. The van der Waals surface area contributed by atoms with Crippen molar-refractivity contribution >= 4 is 40.3 Å². The Morgan fingerprint density at radius 2 is 1.87 bits per heavy atom. The van der Waals surface area contributed by atoms with E-state index in [1.165, 1.54) is 23.4 Å². The molecule has 2 aliphatic rings. The van der Waals surface area contributed by atoms with Crippen LogP contribution >= 0.6 is 23.8 Å². The molecule has 2 saturated heterocycles. The molecular formula is C30H38ClN5OS. The molecule has 8 heteroatoms. The molecule has 0 amide bonds. The summed E-state index contributed by atoms with van der Waals surface area (Å²) in [5.41, 5.74) is 6.68.